The highest BCUT2D eigenvalue weighted by Crippen LogP contribution is 2.40. The Kier molecular flexibility index (Phi) is 5.46. The number of halogens is 1. The maximum Gasteiger partial charge on any atom is 0.214 e. The summed E-state index contributed by atoms with van der Waals surface area (Å²) in [6.07, 6.45) is 1.84. The van der Waals surface area contributed by atoms with Crippen molar-refractivity contribution >= 4 is 26.8 Å². The lowest BCUT2D eigenvalue weighted by Crippen LogP contribution is -2.14. The van der Waals surface area contributed by atoms with Crippen molar-refractivity contribution in [1.29, 1.82) is 0 Å². The van der Waals surface area contributed by atoms with E-state index in [4.69, 9.17) is 9.47 Å². The number of hydrogen-bond donors (Lipinski definition) is 1. The van der Waals surface area contributed by atoms with Crippen molar-refractivity contribution in [2.24, 2.45) is 0 Å². The van der Waals surface area contributed by atoms with Crippen LogP contribution < -0.4 is 9.47 Å². The molecule has 0 radical (unpaired) electrons. The number of aromatic nitrogens is 1. The Bertz CT molecular complexity index is 938. The number of aromatic amines is 1. The number of nitrogens with one attached hydrogen (secondary N) is 1. The van der Waals surface area contributed by atoms with Gasteiger partial charge in [-0.2, -0.15) is 0 Å². The van der Waals surface area contributed by atoms with Crippen LogP contribution in [0.25, 0.3) is 10.9 Å². The van der Waals surface area contributed by atoms with Crippen LogP contribution in [0.1, 0.15) is 24.0 Å². The maximum absolute atomic E-state index is 11.4. The quantitative estimate of drug-likeness (QED) is 0.443. The van der Waals surface area contributed by atoms with Gasteiger partial charge in [0.2, 0.25) is 6.54 Å². The minimum atomic E-state index is -0.430. The van der Waals surface area contributed by atoms with Gasteiger partial charge in [-0.15, -0.1) is 0 Å². The summed E-state index contributed by atoms with van der Waals surface area (Å²) in [6, 6.07) is 11.4. The van der Waals surface area contributed by atoms with Crippen molar-refractivity contribution in [3.05, 3.63) is 68.3 Å². The van der Waals surface area contributed by atoms with Crippen molar-refractivity contribution in [1.82, 2.24) is 4.98 Å². The lowest BCUT2D eigenvalue weighted by atomic mass is 9.90. The molecular formula is C19H19BrN2O4. The number of ether oxygens (including phenoxy) is 2. The van der Waals surface area contributed by atoms with E-state index in [9.17, 15) is 10.1 Å². The average molecular weight is 419 g/mol. The van der Waals surface area contributed by atoms with Crippen LogP contribution in [0.2, 0.25) is 0 Å². The second-order valence-corrected chi connectivity index (χ2v) is 6.67. The van der Waals surface area contributed by atoms with Gasteiger partial charge in [0, 0.05) is 26.5 Å². The zero-order valence-corrected chi connectivity index (χ0v) is 16.1. The molecule has 0 aliphatic heterocycles. The highest BCUT2D eigenvalue weighted by molar-refractivity contribution is 9.10. The van der Waals surface area contributed by atoms with Gasteiger partial charge in [0.15, 0.2) is 11.5 Å². The molecule has 7 heteroatoms. The molecule has 0 amide bonds. The number of hydrogen-bond acceptors (Lipinski definition) is 4. The molecule has 136 valence electrons. The highest BCUT2D eigenvalue weighted by Gasteiger charge is 2.27. The van der Waals surface area contributed by atoms with Crippen molar-refractivity contribution < 1.29 is 14.4 Å². The van der Waals surface area contributed by atoms with Crippen LogP contribution in [0.5, 0.6) is 11.5 Å². The second-order valence-electron chi connectivity index (χ2n) is 5.82. The number of rotatable bonds is 7. The lowest BCUT2D eigenvalue weighted by Gasteiger charge is -2.18. The molecular weight excluding hydrogens is 400 g/mol. The molecule has 0 bridgehead atoms. The smallest absolute Gasteiger partial charge is 0.214 e. The van der Waals surface area contributed by atoms with Crippen LogP contribution >= 0.6 is 15.9 Å². The summed E-state index contributed by atoms with van der Waals surface area (Å²) in [5, 5.41) is 12.4. The van der Waals surface area contributed by atoms with E-state index in [1.54, 1.807) is 13.2 Å². The van der Waals surface area contributed by atoms with Crippen LogP contribution in [0.3, 0.4) is 0 Å². The number of methoxy groups -OCH3 is 1. The summed E-state index contributed by atoms with van der Waals surface area (Å²) in [4.78, 5) is 14.3. The molecule has 0 aliphatic carbocycles. The number of nitro groups is 1. The topological polar surface area (TPSA) is 77.4 Å². The number of fused-ring (bicyclic) bond motifs is 1. The molecule has 0 saturated carbocycles. The van der Waals surface area contributed by atoms with Gasteiger partial charge in [0.05, 0.1) is 19.6 Å². The minimum absolute atomic E-state index is 0.224. The monoisotopic (exact) mass is 418 g/mol. The van der Waals surface area contributed by atoms with E-state index in [0.29, 0.717) is 18.1 Å². The molecule has 3 rings (SSSR count). The third kappa shape index (κ3) is 3.53. The van der Waals surface area contributed by atoms with E-state index in [1.807, 2.05) is 43.5 Å². The molecule has 6 nitrogen and oxygen atoms in total. The maximum atomic E-state index is 11.4. The van der Waals surface area contributed by atoms with Crippen molar-refractivity contribution in [2.45, 2.75) is 12.8 Å². The van der Waals surface area contributed by atoms with Gasteiger partial charge in [-0.3, -0.25) is 10.1 Å². The van der Waals surface area contributed by atoms with E-state index in [-0.39, 0.29) is 11.5 Å². The Morgan fingerprint density at radius 3 is 2.69 bits per heavy atom. The SMILES string of the molecule is CCOc1cc([C@H](C[N+](=O)[O-])c2c[nH]c3ccccc23)c(Br)cc1OC. The van der Waals surface area contributed by atoms with Gasteiger partial charge in [-0.05, 0) is 36.2 Å². The Balaban J connectivity index is 2.17. The van der Waals surface area contributed by atoms with Crippen LogP contribution in [0.4, 0.5) is 0 Å². The van der Waals surface area contributed by atoms with E-state index < -0.39 is 5.92 Å². The second kappa shape index (κ2) is 7.78. The summed E-state index contributed by atoms with van der Waals surface area (Å²) in [6.45, 7) is 2.14. The van der Waals surface area contributed by atoms with Gasteiger partial charge in [-0.25, -0.2) is 0 Å². The summed E-state index contributed by atoms with van der Waals surface area (Å²) < 4.78 is 11.8. The van der Waals surface area contributed by atoms with Gasteiger partial charge in [-0.1, -0.05) is 34.1 Å². The van der Waals surface area contributed by atoms with E-state index in [0.717, 1.165) is 26.5 Å². The first-order valence-electron chi connectivity index (χ1n) is 8.23. The van der Waals surface area contributed by atoms with Gasteiger partial charge in [0.1, 0.15) is 0 Å². The molecule has 0 fully saturated rings. The Hall–Kier alpha value is -2.54. The van der Waals surface area contributed by atoms with Crippen molar-refractivity contribution in [3.63, 3.8) is 0 Å². The first-order valence-corrected chi connectivity index (χ1v) is 9.02. The fourth-order valence-electron chi connectivity index (χ4n) is 3.14. The first-order chi connectivity index (χ1) is 12.5. The van der Waals surface area contributed by atoms with Crippen LogP contribution in [-0.4, -0.2) is 30.2 Å². The molecule has 0 spiro atoms. The molecule has 2 aromatic carbocycles. The highest BCUT2D eigenvalue weighted by atomic mass is 79.9. The zero-order valence-electron chi connectivity index (χ0n) is 14.5. The van der Waals surface area contributed by atoms with Crippen molar-refractivity contribution in [2.75, 3.05) is 20.3 Å². The molecule has 0 unspecified atom stereocenters. The number of nitrogens with zero attached hydrogens (tertiary/aromatic N) is 1. The van der Waals surface area contributed by atoms with Crippen LogP contribution in [0, 0.1) is 10.1 Å². The van der Waals surface area contributed by atoms with Gasteiger partial charge >= 0.3 is 0 Å². The minimum Gasteiger partial charge on any atom is -0.493 e. The first kappa shape index (κ1) is 18.3. The Morgan fingerprint density at radius 1 is 1.23 bits per heavy atom. The summed E-state index contributed by atoms with van der Waals surface area (Å²) in [5.74, 6) is 0.725. The lowest BCUT2D eigenvalue weighted by molar-refractivity contribution is -0.481. The normalized spacial score (nSPS) is 12.1. The molecule has 1 heterocycles. The molecule has 3 aromatic rings. The van der Waals surface area contributed by atoms with E-state index in [2.05, 4.69) is 20.9 Å². The predicted molar refractivity (Wildman–Crippen MR) is 104 cm³/mol. The third-order valence-corrected chi connectivity index (χ3v) is 4.97. The zero-order chi connectivity index (χ0) is 18.7. The van der Waals surface area contributed by atoms with E-state index in [1.165, 1.54) is 0 Å². The summed E-state index contributed by atoms with van der Waals surface area (Å²) in [7, 11) is 1.57. The number of H-pyrrole nitrogens is 1. The number of para-hydroxylation sites is 1. The third-order valence-electron chi connectivity index (χ3n) is 4.29. The predicted octanol–water partition coefficient (Wildman–Crippen LogP) is 4.75. The molecule has 1 aromatic heterocycles. The largest absolute Gasteiger partial charge is 0.493 e. The molecule has 0 aliphatic rings. The van der Waals surface area contributed by atoms with Crippen molar-refractivity contribution in [3.8, 4) is 11.5 Å². The van der Waals surface area contributed by atoms with E-state index >= 15 is 0 Å². The molecule has 1 atom stereocenters. The standard InChI is InChI=1S/C19H19BrN2O4/c1-3-26-19-8-13(16(20)9-18(19)25-2)15(11-22(23)24)14-10-21-17-7-5-4-6-12(14)17/h4-10,15,21H,3,11H2,1-2H3/t15-/m0/s1. The fraction of sp³-hybridized carbons (Fsp3) is 0.263. The van der Waals surface area contributed by atoms with Gasteiger partial charge in [0.25, 0.3) is 0 Å². The number of benzene rings is 2. The summed E-state index contributed by atoms with van der Waals surface area (Å²) in [5.41, 5.74) is 2.62. The molecule has 0 saturated heterocycles. The average Bonchev–Trinajstić information content (AvgIpc) is 3.05. The Labute approximate surface area is 159 Å². The Morgan fingerprint density at radius 2 is 2.00 bits per heavy atom. The fourth-order valence-corrected chi connectivity index (χ4v) is 3.74. The van der Waals surface area contributed by atoms with Crippen LogP contribution in [0.15, 0.2) is 47.1 Å². The molecule has 1 N–H and O–H groups in total. The van der Waals surface area contributed by atoms with Gasteiger partial charge < -0.3 is 14.5 Å². The van der Waals surface area contributed by atoms with Crippen LogP contribution in [-0.2, 0) is 0 Å². The molecule has 26 heavy (non-hydrogen) atoms. The summed E-state index contributed by atoms with van der Waals surface area (Å²) >= 11 is 3.55.